The molecule has 1 saturated carbocycles. The Balaban J connectivity index is 0.00000112. The van der Waals surface area contributed by atoms with Crippen LogP contribution in [0.3, 0.4) is 0 Å². The van der Waals surface area contributed by atoms with E-state index in [1.54, 1.807) is 6.20 Å². The Bertz CT molecular complexity index is 362. The van der Waals surface area contributed by atoms with Crippen molar-refractivity contribution in [3.05, 3.63) is 11.1 Å². The molecular weight excluding hydrogens is 234 g/mol. The lowest BCUT2D eigenvalue weighted by molar-refractivity contribution is -0.123. The van der Waals surface area contributed by atoms with E-state index in [0.29, 0.717) is 5.13 Å². The van der Waals surface area contributed by atoms with Crippen LogP contribution < -0.4 is 11.1 Å². The number of carbonyl (C=O) groups excluding carboxylic acids is 1. The Morgan fingerprint density at radius 2 is 2.33 bits per heavy atom. The second-order valence-electron chi connectivity index (χ2n) is 3.74. The van der Waals surface area contributed by atoms with Crippen LogP contribution in [0.5, 0.6) is 0 Å². The summed E-state index contributed by atoms with van der Waals surface area (Å²) >= 11 is 1.47. The fourth-order valence-corrected chi connectivity index (χ4v) is 2.08. The molecule has 1 aromatic rings. The number of hydrogen-bond acceptors (Lipinski definition) is 4. The molecule has 0 radical (unpaired) electrons. The molecule has 1 aliphatic rings. The number of nitrogens with two attached hydrogens (primary N) is 1. The van der Waals surface area contributed by atoms with Crippen molar-refractivity contribution < 1.29 is 4.79 Å². The first-order valence-corrected chi connectivity index (χ1v) is 5.45. The highest BCUT2D eigenvalue weighted by molar-refractivity contribution is 7.15. The van der Waals surface area contributed by atoms with Gasteiger partial charge in [-0.05, 0) is 26.2 Å². The van der Waals surface area contributed by atoms with E-state index in [1.165, 1.54) is 11.3 Å². The molecule has 84 valence electrons. The SMILES string of the molecule is Cc1cnc(NC(=O)C2(N)CCC2)s1.Cl. The van der Waals surface area contributed by atoms with Crippen LogP contribution in [0.4, 0.5) is 5.13 Å². The molecule has 4 nitrogen and oxygen atoms in total. The lowest BCUT2D eigenvalue weighted by Gasteiger charge is -2.35. The highest BCUT2D eigenvalue weighted by Gasteiger charge is 2.40. The van der Waals surface area contributed by atoms with Gasteiger partial charge in [-0.25, -0.2) is 4.98 Å². The van der Waals surface area contributed by atoms with Gasteiger partial charge >= 0.3 is 0 Å². The van der Waals surface area contributed by atoms with E-state index < -0.39 is 5.54 Å². The summed E-state index contributed by atoms with van der Waals surface area (Å²) < 4.78 is 0. The van der Waals surface area contributed by atoms with Crippen LogP contribution >= 0.6 is 23.7 Å². The average Bonchev–Trinajstić information content (AvgIpc) is 2.47. The van der Waals surface area contributed by atoms with Crippen LogP contribution in [-0.4, -0.2) is 16.4 Å². The molecule has 15 heavy (non-hydrogen) atoms. The van der Waals surface area contributed by atoms with Gasteiger partial charge in [-0.1, -0.05) is 0 Å². The predicted octanol–water partition coefficient (Wildman–Crippen LogP) is 1.69. The Kier molecular flexibility index (Phi) is 3.70. The molecule has 0 unspecified atom stereocenters. The Hall–Kier alpha value is -0.650. The summed E-state index contributed by atoms with van der Waals surface area (Å²) in [4.78, 5) is 16.8. The molecule has 0 aromatic carbocycles. The lowest BCUT2D eigenvalue weighted by atomic mass is 9.77. The van der Waals surface area contributed by atoms with E-state index in [0.717, 1.165) is 24.1 Å². The van der Waals surface area contributed by atoms with Crippen LogP contribution in [-0.2, 0) is 4.79 Å². The van der Waals surface area contributed by atoms with Crippen molar-refractivity contribution >= 4 is 34.8 Å². The fraction of sp³-hybridized carbons (Fsp3) is 0.556. The Labute approximate surface area is 98.7 Å². The standard InChI is InChI=1S/C9H13N3OS.ClH/c1-6-5-11-8(14-6)12-7(13)9(10)3-2-4-9;/h5H,2-4,10H2,1H3,(H,11,12,13);1H. The number of amides is 1. The number of aryl methyl sites for hydroxylation is 1. The van der Waals surface area contributed by atoms with E-state index in [1.807, 2.05) is 6.92 Å². The Morgan fingerprint density at radius 3 is 2.73 bits per heavy atom. The van der Waals surface area contributed by atoms with Crippen LogP contribution in [0.25, 0.3) is 0 Å². The fourth-order valence-electron chi connectivity index (χ4n) is 1.42. The van der Waals surface area contributed by atoms with Crippen LogP contribution in [0.2, 0.25) is 0 Å². The molecule has 1 amide bonds. The third-order valence-electron chi connectivity index (χ3n) is 2.54. The number of aromatic nitrogens is 1. The van der Waals surface area contributed by atoms with Gasteiger partial charge in [-0.2, -0.15) is 0 Å². The average molecular weight is 248 g/mol. The minimum Gasteiger partial charge on any atom is -0.317 e. The van der Waals surface area contributed by atoms with Crippen LogP contribution in [0.1, 0.15) is 24.1 Å². The van der Waals surface area contributed by atoms with Gasteiger partial charge < -0.3 is 11.1 Å². The van der Waals surface area contributed by atoms with Gasteiger partial charge in [0.2, 0.25) is 5.91 Å². The maximum atomic E-state index is 11.7. The van der Waals surface area contributed by atoms with Crippen molar-refractivity contribution in [2.24, 2.45) is 5.73 Å². The largest absolute Gasteiger partial charge is 0.317 e. The smallest absolute Gasteiger partial charge is 0.246 e. The van der Waals surface area contributed by atoms with E-state index >= 15 is 0 Å². The number of rotatable bonds is 2. The van der Waals surface area contributed by atoms with Gasteiger partial charge in [-0.15, -0.1) is 23.7 Å². The van der Waals surface area contributed by atoms with Gasteiger partial charge in [0.15, 0.2) is 5.13 Å². The number of hydrogen-bond donors (Lipinski definition) is 2. The number of nitrogens with zero attached hydrogens (tertiary/aromatic N) is 1. The number of anilines is 1. The van der Waals surface area contributed by atoms with E-state index in [2.05, 4.69) is 10.3 Å². The molecule has 1 fully saturated rings. The molecular formula is C9H14ClN3OS. The molecule has 6 heteroatoms. The van der Waals surface area contributed by atoms with Crippen LogP contribution in [0, 0.1) is 6.92 Å². The van der Waals surface area contributed by atoms with E-state index in [9.17, 15) is 4.79 Å². The normalized spacial score (nSPS) is 17.5. The maximum absolute atomic E-state index is 11.7. The topological polar surface area (TPSA) is 68.0 Å². The molecule has 3 N–H and O–H groups in total. The summed E-state index contributed by atoms with van der Waals surface area (Å²) in [6.45, 7) is 1.95. The molecule has 0 aliphatic heterocycles. The predicted molar refractivity (Wildman–Crippen MR) is 63.5 cm³/mol. The molecule has 1 aromatic heterocycles. The second-order valence-corrected chi connectivity index (χ2v) is 4.97. The van der Waals surface area contributed by atoms with E-state index in [-0.39, 0.29) is 18.3 Å². The molecule has 0 saturated heterocycles. The van der Waals surface area contributed by atoms with Crippen LogP contribution in [0.15, 0.2) is 6.20 Å². The molecule has 0 atom stereocenters. The summed E-state index contributed by atoms with van der Waals surface area (Å²) in [6, 6.07) is 0. The van der Waals surface area contributed by atoms with Crippen molar-refractivity contribution in [3.8, 4) is 0 Å². The van der Waals surface area contributed by atoms with E-state index in [4.69, 9.17) is 5.73 Å². The van der Waals surface area contributed by atoms with Gasteiger partial charge in [0, 0.05) is 11.1 Å². The highest BCUT2D eigenvalue weighted by Crippen LogP contribution is 2.30. The number of halogens is 1. The third-order valence-corrected chi connectivity index (χ3v) is 3.37. The van der Waals surface area contributed by atoms with Gasteiger partial charge in [-0.3, -0.25) is 4.79 Å². The summed E-state index contributed by atoms with van der Waals surface area (Å²) in [6.07, 6.45) is 4.34. The quantitative estimate of drug-likeness (QED) is 0.836. The zero-order chi connectivity index (χ0) is 10.2. The van der Waals surface area contributed by atoms with Crippen molar-refractivity contribution in [1.29, 1.82) is 0 Å². The lowest BCUT2D eigenvalue weighted by Crippen LogP contribution is -2.56. The number of carbonyl (C=O) groups is 1. The maximum Gasteiger partial charge on any atom is 0.246 e. The zero-order valence-corrected chi connectivity index (χ0v) is 10.1. The van der Waals surface area contributed by atoms with Crippen molar-refractivity contribution in [3.63, 3.8) is 0 Å². The summed E-state index contributed by atoms with van der Waals surface area (Å²) in [5.41, 5.74) is 5.23. The second kappa shape index (κ2) is 4.47. The molecule has 0 bridgehead atoms. The van der Waals surface area contributed by atoms with Crippen molar-refractivity contribution in [1.82, 2.24) is 4.98 Å². The third kappa shape index (κ3) is 2.48. The molecule has 0 spiro atoms. The molecule has 1 aliphatic carbocycles. The first-order chi connectivity index (χ1) is 6.60. The monoisotopic (exact) mass is 247 g/mol. The Morgan fingerprint density at radius 1 is 1.67 bits per heavy atom. The first-order valence-electron chi connectivity index (χ1n) is 4.63. The first kappa shape index (κ1) is 12.4. The highest BCUT2D eigenvalue weighted by atomic mass is 35.5. The van der Waals surface area contributed by atoms with Gasteiger partial charge in [0.25, 0.3) is 0 Å². The van der Waals surface area contributed by atoms with Gasteiger partial charge in [0.05, 0.1) is 5.54 Å². The van der Waals surface area contributed by atoms with Crippen molar-refractivity contribution in [2.45, 2.75) is 31.7 Å². The summed E-state index contributed by atoms with van der Waals surface area (Å²) in [7, 11) is 0. The number of thiazole rings is 1. The summed E-state index contributed by atoms with van der Waals surface area (Å²) in [5, 5.41) is 3.39. The van der Waals surface area contributed by atoms with Crippen molar-refractivity contribution in [2.75, 3.05) is 5.32 Å². The molecule has 2 rings (SSSR count). The minimum atomic E-state index is -0.639. The van der Waals surface area contributed by atoms with Gasteiger partial charge in [0.1, 0.15) is 0 Å². The minimum absolute atomic E-state index is 0. The zero-order valence-electron chi connectivity index (χ0n) is 8.45. The number of nitrogens with one attached hydrogen (secondary N) is 1. The summed E-state index contributed by atoms with van der Waals surface area (Å²) in [5.74, 6) is -0.0990. The molecule has 1 heterocycles.